The first-order valence-corrected chi connectivity index (χ1v) is 6.80. The molecule has 2 rings (SSSR count). The van der Waals surface area contributed by atoms with Gasteiger partial charge in [-0.1, -0.05) is 22.0 Å². The lowest BCUT2D eigenvalue weighted by Crippen LogP contribution is -2.22. The third-order valence-electron chi connectivity index (χ3n) is 2.77. The molecule has 0 aliphatic rings. The Morgan fingerprint density at radius 1 is 1.14 bits per heavy atom. The number of carbonyl (C=O) groups is 2. The number of carboxylic acid groups (broad SMARTS) is 1. The van der Waals surface area contributed by atoms with Crippen LogP contribution < -0.4 is 10.6 Å². The summed E-state index contributed by atoms with van der Waals surface area (Å²) in [5, 5.41) is 14.2. The van der Waals surface area contributed by atoms with Crippen LogP contribution in [0.2, 0.25) is 0 Å². The van der Waals surface area contributed by atoms with Crippen LogP contribution in [-0.4, -0.2) is 22.1 Å². The molecule has 1 aromatic heterocycles. The molecule has 108 valence electrons. The second-order valence-electron chi connectivity index (χ2n) is 4.20. The fraction of sp³-hybridized carbons (Fsp3) is 0.0714. The molecule has 0 fully saturated rings. The SMILES string of the molecule is Cc1c(Br)cccc1NC(=O)Nc1cccnc1C(=O)O. The summed E-state index contributed by atoms with van der Waals surface area (Å²) in [4.78, 5) is 26.7. The fourth-order valence-electron chi connectivity index (χ4n) is 1.70. The molecular weight excluding hydrogens is 338 g/mol. The van der Waals surface area contributed by atoms with Crippen molar-refractivity contribution in [1.82, 2.24) is 4.98 Å². The van der Waals surface area contributed by atoms with Crippen molar-refractivity contribution in [2.45, 2.75) is 6.92 Å². The van der Waals surface area contributed by atoms with Crippen LogP contribution in [-0.2, 0) is 0 Å². The van der Waals surface area contributed by atoms with Crippen LogP contribution >= 0.6 is 15.9 Å². The Hall–Kier alpha value is -2.41. The Kier molecular flexibility index (Phi) is 4.54. The maximum atomic E-state index is 12.0. The molecule has 0 aliphatic heterocycles. The maximum absolute atomic E-state index is 12.0. The molecule has 0 spiro atoms. The first kappa shape index (κ1) is 15.0. The van der Waals surface area contributed by atoms with Crippen molar-refractivity contribution in [3.05, 3.63) is 52.3 Å². The highest BCUT2D eigenvalue weighted by atomic mass is 79.9. The summed E-state index contributed by atoms with van der Waals surface area (Å²) in [5.74, 6) is -1.20. The predicted octanol–water partition coefficient (Wildman–Crippen LogP) is 3.49. The Morgan fingerprint density at radius 3 is 2.52 bits per heavy atom. The Labute approximate surface area is 129 Å². The van der Waals surface area contributed by atoms with Gasteiger partial charge in [-0.3, -0.25) is 0 Å². The number of benzene rings is 1. The first-order chi connectivity index (χ1) is 9.99. The van der Waals surface area contributed by atoms with E-state index in [1.165, 1.54) is 12.3 Å². The van der Waals surface area contributed by atoms with Crippen molar-refractivity contribution in [3.8, 4) is 0 Å². The fourth-order valence-corrected chi connectivity index (χ4v) is 2.06. The highest BCUT2D eigenvalue weighted by Gasteiger charge is 2.14. The molecule has 0 atom stereocenters. The van der Waals surface area contributed by atoms with Gasteiger partial charge in [0.25, 0.3) is 0 Å². The van der Waals surface area contributed by atoms with E-state index in [1.54, 1.807) is 18.2 Å². The third-order valence-corrected chi connectivity index (χ3v) is 3.63. The van der Waals surface area contributed by atoms with Crippen LogP contribution in [0.25, 0.3) is 0 Å². The largest absolute Gasteiger partial charge is 0.476 e. The molecule has 0 aliphatic carbocycles. The maximum Gasteiger partial charge on any atom is 0.356 e. The molecule has 0 saturated heterocycles. The van der Waals surface area contributed by atoms with E-state index in [2.05, 4.69) is 31.5 Å². The quantitative estimate of drug-likeness (QED) is 0.790. The number of carbonyl (C=O) groups excluding carboxylic acids is 1. The van der Waals surface area contributed by atoms with Crippen LogP contribution in [0.5, 0.6) is 0 Å². The molecule has 0 radical (unpaired) electrons. The minimum Gasteiger partial charge on any atom is -0.476 e. The minimum absolute atomic E-state index is 0.134. The van der Waals surface area contributed by atoms with E-state index in [4.69, 9.17) is 5.11 Å². The summed E-state index contributed by atoms with van der Waals surface area (Å²) in [6.07, 6.45) is 1.35. The smallest absolute Gasteiger partial charge is 0.356 e. The van der Waals surface area contributed by atoms with Crippen molar-refractivity contribution in [2.24, 2.45) is 0 Å². The highest BCUT2D eigenvalue weighted by molar-refractivity contribution is 9.10. The lowest BCUT2D eigenvalue weighted by molar-refractivity contribution is 0.0692. The molecule has 1 aromatic carbocycles. The molecule has 1 heterocycles. The average Bonchev–Trinajstić information content (AvgIpc) is 2.44. The molecule has 7 heteroatoms. The second-order valence-corrected chi connectivity index (χ2v) is 5.05. The normalized spacial score (nSPS) is 10.0. The number of pyridine rings is 1. The van der Waals surface area contributed by atoms with Crippen LogP contribution in [0.3, 0.4) is 0 Å². The number of aromatic carboxylic acids is 1. The van der Waals surface area contributed by atoms with Gasteiger partial charge in [0.2, 0.25) is 0 Å². The molecule has 3 N–H and O–H groups in total. The van der Waals surface area contributed by atoms with E-state index < -0.39 is 12.0 Å². The molecular formula is C14H12BrN3O3. The number of anilines is 2. The van der Waals surface area contributed by atoms with Gasteiger partial charge in [-0.15, -0.1) is 0 Å². The van der Waals surface area contributed by atoms with E-state index in [0.717, 1.165) is 10.0 Å². The van der Waals surface area contributed by atoms with Gasteiger partial charge in [-0.2, -0.15) is 0 Å². The van der Waals surface area contributed by atoms with Gasteiger partial charge in [0.05, 0.1) is 5.69 Å². The van der Waals surface area contributed by atoms with Crippen LogP contribution in [0.1, 0.15) is 16.1 Å². The number of nitrogens with zero attached hydrogens (tertiary/aromatic N) is 1. The number of nitrogens with one attached hydrogen (secondary N) is 2. The van der Waals surface area contributed by atoms with Crippen LogP contribution in [0.15, 0.2) is 41.0 Å². The Balaban J connectivity index is 2.16. The van der Waals surface area contributed by atoms with Gasteiger partial charge in [0.15, 0.2) is 5.69 Å². The van der Waals surface area contributed by atoms with Gasteiger partial charge in [0, 0.05) is 16.4 Å². The number of amides is 2. The summed E-state index contributed by atoms with van der Waals surface area (Å²) >= 11 is 3.37. The number of carboxylic acids is 1. The third kappa shape index (κ3) is 3.57. The topological polar surface area (TPSA) is 91.3 Å². The number of halogens is 1. The summed E-state index contributed by atoms with van der Waals surface area (Å²) < 4.78 is 0.868. The van der Waals surface area contributed by atoms with E-state index in [9.17, 15) is 9.59 Å². The van der Waals surface area contributed by atoms with E-state index in [0.29, 0.717) is 5.69 Å². The van der Waals surface area contributed by atoms with Crippen LogP contribution in [0.4, 0.5) is 16.2 Å². The molecule has 0 bridgehead atoms. The average molecular weight is 350 g/mol. The van der Waals surface area contributed by atoms with Crippen molar-refractivity contribution < 1.29 is 14.7 Å². The molecule has 0 unspecified atom stereocenters. The van der Waals surface area contributed by atoms with Gasteiger partial charge in [-0.05, 0) is 36.8 Å². The van der Waals surface area contributed by atoms with Crippen molar-refractivity contribution >= 4 is 39.3 Å². The van der Waals surface area contributed by atoms with Crippen LogP contribution in [0, 0.1) is 6.92 Å². The zero-order valence-corrected chi connectivity index (χ0v) is 12.6. The van der Waals surface area contributed by atoms with E-state index in [-0.39, 0.29) is 11.4 Å². The standard InChI is InChI=1S/C14H12BrN3O3/c1-8-9(15)4-2-5-10(8)17-14(21)18-11-6-3-7-16-12(11)13(19)20/h2-7H,1H3,(H,19,20)(H2,17,18,21). The lowest BCUT2D eigenvalue weighted by atomic mass is 10.2. The second kappa shape index (κ2) is 6.36. The van der Waals surface area contributed by atoms with Gasteiger partial charge >= 0.3 is 12.0 Å². The summed E-state index contributed by atoms with van der Waals surface area (Å²) in [6, 6.07) is 7.89. The molecule has 0 saturated carbocycles. The zero-order valence-electron chi connectivity index (χ0n) is 11.1. The molecule has 2 aromatic rings. The summed E-state index contributed by atoms with van der Waals surface area (Å²) in [7, 11) is 0. The minimum atomic E-state index is -1.20. The van der Waals surface area contributed by atoms with Gasteiger partial charge in [0.1, 0.15) is 0 Å². The first-order valence-electron chi connectivity index (χ1n) is 6.00. The number of aromatic nitrogens is 1. The molecule has 21 heavy (non-hydrogen) atoms. The number of urea groups is 1. The zero-order chi connectivity index (χ0) is 15.4. The Bertz CT molecular complexity index is 704. The van der Waals surface area contributed by atoms with Gasteiger partial charge in [-0.25, -0.2) is 14.6 Å². The molecule has 6 nitrogen and oxygen atoms in total. The summed E-state index contributed by atoms with van der Waals surface area (Å²) in [5.41, 5.74) is 1.42. The number of hydrogen-bond acceptors (Lipinski definition) is 3. The summed E-state index contributed by atoms with van der Waals surface area (Å²) in [6.45, 7) is 1.85. The predicted molar refractivity (Wildman–Crippen MR) is 82.7 cm³/mol. The molecule has 2 amide bonds. The number of hydrogen-bond donors (Lipinski definition) is 3. The lowest BCUT2D eigenvalue weighted by Gasteiger charge is -2.11. The highest BCUT2D eigenvalue weighted by Crippen LogP contribution is 2.23. The van der Waals surface area contributed by atoms with Crippen molar-refractivity contribution in [3.63, 3.8) is 0 Å². The van der Waals surface area contributed by atoms with E-state index >= 15 is 0 Å². The number of rotatable bonds is 3. The Morgan fingerprint density at radius 2 is 1.81 bits per heavy atom. The van der Waals surface area contributed by atoms with E-state index in [1.807, 2.05) is 13.0 Å². The monoisotopic (exact) mass is 349 g/mol. The van der Waals surface area contributed by atoms with Crippen molar-refractivity contribution in [2.75, 3.05) is 10.6 Å². The van der Waals surface area contributed by atoms with Gasteiger partial charge < -0.3 is 15.7 Å². The van der Waals surface area contributed by atoms with Crippen molar-refractivity contribution in [1.29, 1.82) is 0 Å².